The van der Waals surface area contributed by atoms with Crippen molar-refractivity contribution in [1.82, 2.24) is 9.55 Å². The highest BCUT2D eigenvalue weighted by Gasteiger charge is 2.43. The van der Waals surface area contributed by atoms with E-state index >= 15 is 0 Å². The molecule has 11 heteroatoms. The first-order valence-electron chi connectivity index (χ1n) is 6.64. The molecule has 0 saturated carbocycles. The van der Waals surface area contributed by atoms with Crippen LogP contribution in [0, 0.1) is 0 Å². The Kier molecular flexibility index (Phi) is 4.97. The maximum Gasteiger partial charge on any atom is 0.330 e. The summed E-state index contributed by atoms with van der Waals surface area (Å²) in [4.78, 5) is 28.6. The number of hydrogen-bond acceptors (Lipinski definition) is 9. The number of nitrogens with one attached hydrogen (secondary N) is 1. The van der Waals surface area contributed by atoms with Gasteiger partial charge in [-0.15, -0.1) is 0 Å². The highest BCUT2D eigenvalue weighted by Crippen LogP contribution is 2.22. The number of nitrogens with zero attached hydrogens (tertiary/aromatic N) is 2. The van der Waals surface area contributed by atoms with Gasteiger partial charge in [0.2, 0.25) is 5.88 Å². The van der Waals surface area contributed by atoms with Crippen molar-refractivity contribution in [2.24, 2.45) is 12.0 Å². The van der Waals surface area contributed by atoms with Crippen molar-refractivity contribution in [2.75, 3.05) is 6.61 Å². The average Bonchev–Trinajstić information content (AvgIpc) is 2.51. The van der Waals surface area contributed by atoms with Crippen LogP contribution in [-0.2, 0) is 11.8 Å². The van der Waals surface area contributed by atoms with Crippen molar-refractivity contribution in [3.05, 3.63) is 26.4 Å². The molecule has 5 unspecified atom stereocenters. The molecule has 0 aliphatic carbocycles. The van der Waals surface area contributed by atoms with Crippen LogP contribution in [0.2, 0.25) is 0 Å². The van der Waals surface area contributed by atoms with Crippen molar-refractivity contribution in [3.63, 3.8) is 0 Å². The Hall–Kier alpha value is -2.05. The minimum atomic E-state index is -1.64. The molecule has 6 N–H and O–H groups in total. The third-order valence-corrected chi connectivity index (χ3v) is 3.57. The second-order valence-electron chi connectivity index (χ2n) is 5.05. The molecule has 1 aliphatic heterocycles. The minimum Gasteiger partial charge on any atom is -0.494 e. The van der Waals surface area contributed by atoms with E-state index in [1.54, 1.807) is 0 Å². The fourth-order valence-corrected chi connectivity index (χ4v) is 2.15. The number of hydrogen-bond donors (Lipinski definition) is 6. The highest BCUT2D eigenvalue weighted by atomic mass is 16.6. The van der Waals surface area contributed by atoms with E-state index in [0.717, 1.165) is 10.8 Å². The molecule has 0 amide bonds. The first-order valence-corrected chi connectivity index (χ1v) is 6.64. The summed E-state index contributed by atoms with van der Waals surface area (Å²) in [6.45, 7) is -0.618. The Morgan fingerprint density at radius 2 is 1.96 bits per heavy atom. The zero-order valence-electron chi connectivity index (χ0n) is 12.0. The molecule has 0 radical (unpaired) electrons. The van der Waals surface area contributed by atoms with Gasteiger partial charge in [0.05, 0.1) is 6.61 Å². The van der Waals surface area contributed by atoms with Crippen LogP contribution < -0.4 is 11.2 Å². The quantitative estimate of drug-likeness (QED) is 0.303. The largest absolute Gasteiger partial charge is 0.494 e. The van der Waals surface area contributed by atoms with E-state index < -0.39 is 54.4 Å². The Labute approximate surface area is 128 Å². The molecule has 2 rings (SSSR count). The molecule has 2 heterocycles. The maximum absolute atomic E-state index is 11.7. The van der Waals surface area contributed by atoms with E-state index in [1.165, 1.54) is 7.05 Å². The molecule has 0 bridgehead atoms. The third kappa shape index (κ3) is 3.18. The number of aromatic hydroxyl groups is 1. The molecule has 23 heavy (non-hydrogen) atoms. The van der Waals surface area contributed by atoms with Gasteiger partial charge in [0.25, 0.3) is 5.56 Å². The van der Waals surface area contributed by atoms with E-state index in [0.29, 0.717) is 0 Å². The van der Waals surface area contributed by atoms with E-state index in [2.05, 4.69) is 4.99 Å². The van der Waals surface area contributed by atoms with Crippen molar-refractivity contribution < 1.29 is 30.3 Å². The summed E-state index contributed by atoms with van der Waals surface area (Å²) in [6, 6.07) is -1.36. The van der Waals surface area contributed by atoms with Gasteiger partial charge in [-0.05, 0) is 0 Å². The first-order chi connectivity index (χ1) is 10.8. The molecule has 128 valence electrons. The van der Waals surface area contributed by atoms with Crippen LogP contribution in [0.15, 0.2) is 14.6 Å². The SMILES string of the molecule is Cn1c(O)c(C=NC2C(O)OC(CO)C(O)C2O)c(=O)[nH]c1=O. The van der Waals surface area contributed by atoms with Crippen LogP contribution in [0.3, 0.4) is 0 Å². The Bertz CT molecular complexity index is 711. The van der Waals surface area contributed by atoms with Gasteiger partial charge in [-0.25, -0.2) is 4.79 Å². The number of aliphatic hydroxyl groups excluding tert-OH is 4. The van der Waals surface area contributed by atoms with Crippen molar-refractivity contribution in [2.45, 2.75) is 30.6 Å². The van der Waals surface area contributed by atoms with Crippen molar-refractivity contribution in [3.8, 4) is 5.88 Å². The Balaban J connectivity index is 2.32. The molecule has 0 aromatic carbocycles. The number of ether oxygens (including phenoxy) is 1. The zero-order chi connectivity index (χ0) is 17.3. The van der Waals surface area contributed by atoms with Crippen LogP contribution in [0.25, 0.3) is 0 Å². The summed E-state index contributed by atoms with van der Waals surface area (Å²) in [6.07, 6.45) is -5.05. The van der Waals surface area contributed by atoms with Crippen molar-refractivity contribution >= 4 is 6.21 Å². The lowest BCUT2D eigenvalue weighted by Crippen LogP contribution is -2.57. The van der Waals surface area contributed by atoms with Crippen LogP contribution >= 0.6 is 0 Å². The van der Waals surface area contributed by atoms with Crippen LogP contribution in [0.4, 0.5) is 0 Å². The maximum atomic E-state index is 11.7. The molecular weight excluding hydrogens is 314 g/mol. The second-order valence-corrected chi connectivity index (χ2v) is 5.05. The summed E-state index contributed by atoms with van der Waals surface area (Å²) in [5, 5.41) is 48.1. The van der Waals surface area contributed by atoms with E-state index in [1.807, 2.05) is 4.98 Å². The van der Waals surface area contributed by atoms with Crippen LogP contribution in [-0.4, -0.2) is 78.5 Å². The normalized spacial score (nSPS) is 31.6. The first kappa shape index (κ1) is 17.3. The molecule has 0 spiro atoms. The number of H-pyrrole nitrogens is 1. The Morgan fingerprint density at radius 1 is 1.30 bits per heavy atom. The fraction of sp³-hybridized carbons (Fsp3) is 0.583. The topological polar surface area (TPSA) is 178 Å². The minimum absolute atomic E-state index is 0.370. The molecule has 1 aromatic heterocycles. The second kappa shape index (κ2) is 6.60. The number of aromatic amines is 1. The monoisotopic (exact) mass is 331 g/mol. The van der Waals surface area contributed by atoms with Gasteiger partial charge in [-0.3, -0.25) is 19.3 Å². The summed E-state index contributed by atoms with van der Waals surface area (Å²) < 4.78 is 5.67. The number of aromatic nitrogens is 2. The summed E-state index contributed by atoms with van der Waals surface area (Å²) in [7, 11) is 1.22. The zero-order valence-corrected chi connectivity index (χ0v) is 12.0. The van der Waals surface area contributed by atoms with E-state index in [4.69, 9.17) is 9.84 Å². The van der Waals surface area contributed by atoms with Gasteiger partial charge < -0.3 is 30.3 Å². The Morgan fingerprint density at radius 3 is 2.57 bits per heavy atom. The molecular formula is C12H17N3O8. The summed E-state index contributed by atoms with van der Waals surface area (Å²) >= 11 is 0. The van der Waals surface area contributed by atoms with Gasteiger partial charge in [-0.1, -0.05) is 0 Å². The predicted octanol–water partition coefficient (Wildman–Crippen LogP) is -4.00. The van der Waals surface area contributed by atoms with Crippen LogP contribution in [0.5, 0.6) is 5.88 Å². The number of aliphatic hydroxyl groups is 4. The number of aliphatic imine (C=N–C) groups is 1. The van der Waals surface area contributed by atoms with Gasteiger partial charge in [0.1, 0.15) is 29.9 Å². The van der Waals surface area contributed by atoms with Gasteiger partial charge in [0, 0.05) is 13.3 Å². The lowest BCUT2D eigenvalue weighted by molar-refractivity contribution is -0.248. The summed E-state index contributed by atoms with van der Waals surface area (Å²) in [5.74, 6) is -0.656. The van der Waals surface area contributed by atoms with Crippen molar-refractivity contribution in [1.29, 1.82) is 0 Å². The smallest absolute Gasteiger partial charge is 0.330 e. The molecule has 1 fully saturated rings. The molecule has 1 saturated heterocycles. The lowest BCUT2D eigenvalue weighted by atomic mass is 9.97. The molecule has 1 aromatic rings. The summed E-state index contributed by atoms with van der Waals surface area (Å²) in [5.41, 5.74) is -2.11. The van der Waals surface area contributed by atoms with Gasteiger partial charge in [-0.2, -0.15) is 0 Å². The average molecular weight is 331 g/mol. The lowest BCUT2D eigenvalue weighted by Gasteiger charge is -2.38. The standard InChI is InChI=1S/C12H17N3O8/c1-15-10(20)4(9(19)14-12(15)22)2-13-6-8(18)7(17)5(3-16)23-11(6)21/h2,5-8,11,16-18,20-21H,3H2,1H3,(H,14,19,22). The molecule has 11 nitrogen and oxygen atoms in total. The predicted molar refractivity (Wildman–Crippen MR) is 75.3 cm³/mol. The molecule has 1 aliphatic rings. The highest BCUT2D eigenvalue weighted by molar-refractivity contribution is 5.82. The third-order valence-electron chi connectivity index (χ3n) is 3.57. The fourth-order valence-electron chi connectivity index (χ4n) is 2.15. The van der Waals surface area contributed by atoms with Crippen LogP contribution in [0.1, 0.15) is 5.56 Å². The van der Waals surface area contributed by atoms with E-state index in [9.17, 15) is 30.0 Å². The number of rotatable bonds is 3. The van der Waals surface area contributed by atoms with Gasteiger partial charge >= 0.3 is 5.69 Å². The molecule has 5 atom stereocenters. The van der Waals surface area contributed by atoms with E-state index in [-0.39, 0.29) is 5.56 Å². The van der Waals surface area contributed by atoms with Gasteiger partial charge in [0.15, 0.2) is 6.29 Å².